The Morgan fingerprint density at radius 3 is 2.82 bits per heavy atom. The molecule has 1 unspecified atom stereocenters. The topological polar surface area (TPSA) is 66.5 Å². The van der Waals surface area contributed by atoms with Crippen LogP contribution in [-0.2, 0) is 22.9 Å². The predicted octanol–water partition coefficient (Wildman–Crippen LogP) is 1.78. The van der Waals surface area contributed by atoms with Gasteiger partial charge in [-0.1, -0.05) is 0 Å². The highest BCUT2D eigenvalue weighted by molar-refractivity contribution is 7.88. The summed E-state index contributed by atoms with van der Waals surface area (Å²) < 4.78 is 24.7. The molecule has 1 fully saturated rings. The van der Waals surface area contributed by atoms with Crippen LogP contribution in [0, 0.1) is 0 Å². The number of piperidine rings is 1. The Morgan fingerprint density at radius 2 is 2.09 bits per heavy atom. The van der Waals surface area contributed by atoms with Gasteiger partial charge in [0.1, 0.15) is 0 Å². The van der Waals surface area contributed by atoms with Gasteiger partial charge in [-0.05, 0) is 50.2 Å². The Morgan fingerprint density at radius 1 is 1.32 bits per heavy atom. The highest BCUT2D eigenvalue weighted by atomic mass is 32.2. The fourth-order valence-electron chi connectivity index (χ4n) is 3.22. The summed E-state index contributed by atoms with van der Waals surface area (Å²) in [6, 6.07) is 1.93. The first-order valence-corrected chi connectivity index (χ1v) is 10.5. The monoisotopic (exact) mass is 342 g/mol. The molecule has 1 saturated heterocycles. The summed E-state index contributed by atoms with van der Waals surface area (Å²) in [6.45, 7) is 0.939. The standard InChI is InChI=1S/C15H22N2O3S2/c1-22(19,20)17-8-4-6-12(10-17)16-15(18)14-9-11-5-2-3-7-13(11)21-14/h9,12H,2-8,10H2,1H3,(H,16,18). The number of carbonyl (C=O) groups excluding carboxylic acids is 1. The van der Waals surface area contributed by atoms with Crippen molar-refractivity contribution in [2.24, 2.45) is 0 Å². The molecule has 0 bridgehead atoms. The molecule has 0 spiro atoms. The number of hydrogen-bond acceptors (Lipinski definition) is 4. The maximum absolute atomic E-state index is 12.4. The van der Waals surface area contributed by atoms with E-state index < -0.39 is 10.0 Å². The van der Waals surface area contributed by atoms with Crippen molar-refractivity contribution in [1.82, 2.24) is 9.62 Å². The lowest BCUT2D eigenvalue weighted by atomic mass is 9.99. The smallest absolute Gasteiger partial charge is 0.261 e. The third-order valence-corrected chi connectivity index (χ3v) is 6.91. The lowest BCUT2D eigenvalue weighted by Gasteiger charge is -2.31. The van der Waals surface area contributed by atoms with Crippen LogP contribution in [0.15, 0.2) is 6.07 Å². The number of nitrogens with zero attached hydrogens (tertiary/aromatic N) is 1. The van der Waals surface area contributed by atoms with Crippen molar-refractivity contribution in [3.8, 4) is 0 Å². The van der Waals surface area contributed by atoms with Gasteiger partial charge in [0, 0.05) is 24.0 Å². The average Bonchev–Trinajstić information content (AvgIpc) is 2.90. The van der Waals surface area contributed by atoms with Crippen LogP contribution in [-0.4, -0.2) is 44.0 Å². The van der Waals surface area contributed by atoms with Crippen molar-refractivity contribution in [3.63, 3.8) is 0 Å². The van der Waals surface area contributed by atoms with E-state index in [1.807, 2.05) is 6.07 Å². The Balaban J connectivity index is 1.65. The van der Waals surface area contributed by atoms with Gasteiger partial charge in [0.05, 0.1) is 11.1 Å². The van der Waals surface area contributed by atoms with E-state index in [4.69, 9.17) is 0 Å². The summed E-state index contributed by atoms with van der Waals surface area (Å²) in [4.78, 5) is 14.5. The van der Waals surface area contributed by atoms with Crippen LogP contribution < -0.4 is 5.32 Å². The fourth-order valence-corrected chi connectivity index (χ4v) is 5.29. The molecule has 0 aromatic carbocycles. The Labute approximate surface area is 135 Å². The van der Waals surface area contributed by atoms with Crippen LogP contribution in [0.25, 0.3) is 0 Å². The van der Waals surface area contributed by atoms with Gasteiger partial charge in [0.25, 0.3) is 5.91 Å². The average molecular weight is 342 g/mol. The summed E-state index contributed by atoms with van der Waals surface area (Å²) >= 11 is 1.59. The molecule has 1 aromatic heterocycles. The first kappa shape index (κ1) is 16.0. The minimum Gasteiger partial charge on any atom is -0.347 e. The van der Waals surface area contributed by atoms with E-state index in [1.54, 1.807) is 11.3 Å². The molecule has 5 nitrogen and oxygen atoms in total. The number of amides is 1. The molecular weight excluding hydrogens is 320 g/mol. The van der Waals surface area contributed by atoms with Gasteiger partial charge in [0.2, 0.25) is 10.0 Å². The molecule has 2 heterocycles. The number of thiophene rings is 1. The number of hydrogen-bond donors (Lipinski definition) is 1. The molecule has 1 atom stereocenters. The molecule has 1 amide bonds. The van der Waals surface area contributed by atoms with Crippen LogP contribution in [0.3, 0.4) is 0 Å². The first-order chi connectivity index (χ1) is 10.4. The van der Waals surface area contributed by atoms with Crippen molar-refractivity contribution < 1.29 is 13.2 Å². The minimum absolute atomic E-state index is 0.0558. The van der Waals surface area contributed by atoms with Gasteiger partial charge < -0.3 is 5.32 Å². The number of sulfonamides is 1. The Hall–Kier alpha value is -0.920. The second kappa shape index (κ2) is 6.29. The van der Waals surface area contributed by atoms with Crippen LogP contribution in [0.5, 0.6) is 0 Å². The van der Waals surface area contributed by atoms with Gasteiger partial charge in [0.15, 0.2) is 0 Å². The number of rotatable bonds is 3. The molecule has 122 valence electrons. The van der Waals surface area contributed by atoms with Crippen LogP contribution in [0.2, 0.25) is 0 Å². The SMILES string of the molecule is CS(=O)(=O)N1CCCC(NC(=O)c2cc3c(s2)CCCC3)C1. The molecular formula is C15H22N2O3S2. The molecule has 3 rings (SSSR count). The highest BCUT2D eigenvalue weighted by Gasteiger charge is 2.27. The molecule has 0 saturated carbocycles. The second-order valence-electron chi connectivity index (χ2n) is 6.20. The Bertz CT molecular complexity index is 643. The first-order valence-electron chi connectivity index (χ1n) is 7.81. The van der Waals surface area contributed by atoms with E-state index in [-0.39, 0.29) is 11.9 Å². The largest absolute Gasteiger partial charge is 0.347 e. The molecule has 0 radical (unpaired) electrons. The normalized spacial score (nSPS) is 23.0. The quantitative estimate of drug-likeness (QED) is 0.910. The third kappa shape index (κ3) is 3.52. The predicted molar refractivity (Wildman–Crippen MR) is 87.9 cm³/mol. The Kier molecular flexibility index (Phi) is 4.56. The summed E-state index contributed by atoms with van der Waals surface area (Å²) in [5, 5.41) is 3.01. The lowest BCUT2D eigenvalue weighted by molar-refractivity contribution is 0.0925. The van der Waals surface area contributed by atoms with Gasteiger partial charge in [-0.15, -0.1) is 11.3 Å². The molecule has 7 heteroatoms. The van der Waals surface area contributed by atoms with E-state index in [9.17, 15) is 13.2 Å². The zero-order chi connectivity index (χ0) is 15.7. The van der Waals surface area contributed by atoms with E-state index in [0.717, 1.165) is 30.6 Å². The van der Waals surface area contributed by atoms with Crippen LogP contribution in [0.1, 0.15) is 45.8 Å². The minimum atomic E-state index is -3.18. The van der Waals surface area contributed by atoms with Gasteiger partial charge in [-0.25, -0.2) is 12.7 Å². The molecule has 22 heavy (non-hydrogen) atoms. The van der Waals surface area contributed by atoms with Crippen molar-refractivity contribution in [1.29, 1.82) is 0 Å². The van der Waals surface area contributed by atoms with Crippen molar-refractivity contribution in [2.75, 3.05) is 19.3 Å². The summed E-state index contributed by atoms with van der Waals surface area (Å²) in [5.74, 6) is -0.0558. The zero-order valence-electron chi connectivity index (χ0n) is 12.8. The van der Waals surface area contributed by atoms with Gasteiger partial charge >= 0.3 is 0 Å². The van der Waals surface area contributed by atoms with E-state index in [1.165, 1.54) is 33.8 Å². The summed E-state index contributed by atoms with van der Waals surface area (Å²) in [6.07, 6.45) is 7.42. The van der Waals surface area contributed by atoms with Crippen LogP contribution >= 0.6 is 11.3 Å². The maximum Gasteiger partial charge on any atom is 0.261 e. The summed E-state index contributed by atoms with van der Waals surface area (Å²) in [5.41, 5.74) is 1.32. The van der Waals surface area contributed by atoms with Crippen molar-refractivity contribution in [3.05, 3.63) is 21.4 Å². The van der Waals surface area contributed by atoms with Gasteiger partial charge in [-0.2, -0.15) is 0 Å². The lowest BCUT2D eigenvalue weighted by Crippen LogP contribution is -2.49. The summed E-state index contributed by atoms with van der Waals surface area (Å²) in [7, 11) is -3.18. The molecule has 1 aliphatic carbocycles. The second-order valence-corrected chi connectivity index (χ2v) is 9.32. The van der Waals surface area contributed by atoms with Crippen molar-refractivity contribution >= 4 is 27.3 Å². The molecule has 1 aromatic rings. The molecule has 1 N–H and O–H groups in total. The number of fused-ring (bicyclic) bond motifs is 1. The maximum atomic E-state index is 12.4. The van der Waals surface area contributed by atoms with Gasteiger partial charge in [-0.3, -0.25) is 4.79 Å². The third-order valence-electron chi connectivity index (χ3n) is 4.41. The van der Waals surface area contributed by atoms with E-state index >= 15 is 0 Å². The molecule has 1 aliphatic heterocycles. The van der Waals surface area contributed by atoms with E-state index in [2.05, 4.69) is 5.32 Å². The fraction of sp³-hybridized carbons (Fsp3) is 0.667. The van der Waals surface area contributed by atoms with E-state index in [0.29, 0.717) is 13.1 Å². The number of nitrogens with one attached hydrogen (secondary N) is 1. The molecule has 2 aliphatic rings. The van der Waals surface area contributed by atoms with Crippen molar-refractivity contribution in [2.45, 2.75) is 44.6 Å². The number of carbonyl (C=O) groups is 1. The van der Waals surface area contributed by atoms with Crippen LogP contribution in [0.4, 0.5) is 0 Å². The zero-order valence-corrected chi connectivity index (χ0v) is 14.4. The number of aryl methyl sites for hydroxylation is 2. The highest BCUT2D eigenvalue weighted by Crippen LogP contribution is 2.29.